The maximum atomic E-state index is 5.29. The Morgan fingerprint density at radius 3 is 2.40 bits per heavy atom. The summed E-state index contributed by atoms with van der Waals surface area (Å²) in [6.07, 6.45) is 0. The fourth-order valence-corrected chi connectivity index (χ4v) is 1.31. The molecule has 0 bridgehead atoms. The minimum Gasteiger partial charge on any atom is -0.349 e. The fraction of sp³-hybridized carbons (Fsp3) is 0.364. The van der Waals surface area contributed by atoms with Gasteiger partial charge in [0.1, 0.15) is 0 Å². The van der Waals surface area contributed by atoms with E-state index in [4.69, 9.17) is 5.84 Å². The second-order valence-electron chi connectivity index (χ2n) is 3.49. The summed E-state index contributed by atoms with van der Waals surface area (Å²) in [4.78, 5) is 3.96. The van der Waals surface area contributed by atoms with Crippen LogP contribution in [0.5, 0.6) is 0 Å². The summed E-state index contributed by atoms with van der Waals surface area (Å²) in [6, 6.07) is 8.55. The van der Waals surface area contributed by atoms with Crippen molar-refractivity contribution in [1.82, 2.24) is 10.7 Å². The first-order valence-corrected chi connectivity index (χ1v) is 4.94. The lowest BCUT2D eigenvalue weighted by atomic mass is 10.1. The zero-order valence-electron chi connectivity index (χ0n) is 9.41. The number of guanidine groups is 1. The second-order valence-corrected chi connectivity index (χ2v) is 3.49. The average Bonchev–Trinajstić information content (AvgIpc) is 2.26. The van der Waals surface area contributed by atoms with Gasteiger partial charge in [-0.3, -0.25) is 10.4 Å². The van der Waals surface area contributed by atoms with Crippen molar-refractivity contribution in [2.24, 2.45) is 10.8 Å². The van der Waals surface area contributed by atoms with Crippen molar-refractivity contribution in [2.75, 3.05) is 7.05 Å². The van der Waals surface area contributed by atoms with E-state index in [9.17, 15) is 0 Å². The van der Waals surface area contributed by atoms with E-state index in [2.05, 4.69) is 53.8 Å². The molecule has 1 atom stereocenters. The van der Waals surface area contributed by atoms with E-state index in [-0.39, 0.29) is 6.04 Å². The van der Waals surface area contributed by atoms with Crippen molar-refractivity contribution in [2.45, 2.75) is 19.9 Å². The van der Waals surface area contributed by atoms with Gasteiger partial charge in [0.25, 0.3) is 0 Å². The van der Waals surface area contributed by atoms with Crippen LogP contribution in [0.1, 0.15) is 24.1 Å². The van der Waals surface area contributed by atoms with Crippen molar-refractivity contribution in [1.29, 1.82) is 0 Å². The highest BCUT2D eigenvalue weighted by atomic mass is 15.3. The summed E-state index contributed by atoms with van der Waals surface area (Å²) >= 11 is 0. The van der Waals surface area contributed by atoms with Crippen molar-refractivity contribution in [3.05, 3.63) is 35.4 Å². The highest BCUT2D eigenvalue weighted by molar-refractivity contribution is 5.79. The van der Waals surface area contributed by atoms with Crippen LogP contribution >= 0.6 is 0 Å². The van der Waals surface area contributed by atoms with Crippen LogP contribution in [0, 0.1) is 6.92 Å². The van der Waals surface area contributed by atoms with Gasteiger partial charge >= 0.3 is 0 Å². The van der Waals surface area contributed by atoms with Gasteiger partial charge in [-0.25, -0.2) is 5.84 Å². The molecule has 1 rings (SSSR count). The molecule has 0 fully saturated rings. The smallest absolute Gasteiger partial charge is 0.205 e. The third kappa shape index (κ3) is 3.25. The summed E-state index contributed by atoms with van der Waals surface area (Å²) in [6.45, 7) is 4.13. The summed E-state index contributed by atoms with van der Waals surface area (Å²) in [5.74, 6) is 5.88. The van der Waals surface area contributed by atoms with Crippen LogP contribution in [0.4, 0.5) is 0 Å². The number of nitrogens with one attached hydrogen (secondary N) is 2. The van der Waals surface area contributed by atoms with Crippen LogP contribution < -0.4 is 16.6 Å². The summed E-state index contributed by atoms with van der Waals surface area (Å²) in [5, 5.41) is 3.17. The first-order chi connectivity index (χ1) is 7.17. The number of hydrogen-bond acceptors (Lipinski definition) is 2. The Morgan fingerprint density at radius 2 is 1.93 bits per heavy atom. The molecule has 0 heterocycles. The lowest BCUT2D eigenvalue weighted by Crippen LogP contribution is -2.42. The molecule has 0 saturated carbocycles. The molecule has 0 saturated heterocycles. The van der Waals surface area contributed by atoms with Gasteiger partial charge in [-0.15, -0.1) is 0 Å². The lowest BCUT2D eigenvalue weighted by molar-refractivity contribution is 0.691. The normalized spacial score (nSPS) is 13.5. The van der Waals surface area contributed by atoms with E-state index < -0.39 is 0 Å². The molecule has 0 aromatic heterocycles. The first kappa shape index (κ1) is 11.5. The Kier molecular flexibility index (Phi) is 4.12. The largest absolute Gasteiger partial charge is 0.349 e. The first-order valence-electron chi connectivity index (χ1n) is 4.94. The molecule has 1 aromatic carbocycles. The molecule has 4 heteroatoms. The summed E-state index contributed by atoms with van der Waals surface area (Å²) in [5.41, 5.74) is 4.96. The van der Waals surface area contributed by atoms with E-state index in [1.165, 1.54) is 11.1 Å². The Labute approximate surface area is 90.6 Å². The molecule has 0 radical (unpaired) electrons. The van der Waals surface area contributed by atoms with Crippen molar-refractivity contribution < 1.29 is 0 Å². The number of benzene rings is 1. The predicted molar refractivity (Wildman–Crippen MR) is 63.4 cm³/mol. The number of hydrazine groups is 1. The van der Waals surface area contributed by atoms with E-state index in [0.717, 1.165) is 0 Å². The molecule has 1 unspecified atom stereocenters. The number of nitrogens with zero attached hydrogens (tertiary/aromatic N) is 1. The van der Waals surface area contributed by atoms with Crippen LogP contribution in [-0.4, -0.2) is 13.0 Å². The van der Waals surface area contributed by atoms with Crippen molar-refractivity contribution >= 4 is 5.96 Å². The molecule has 4 nitrogen and oxygen atoms in total. The van der Waals surface area contributed by atoms with Crippen LogP contribution in [0.25, 0.3) is 0 Å². The van der Waals surface area contributed by atoms with Gasteiger partial charge < -0.3 is 5.32 Å². The van der Waals surface area contributed by atoms with Gasteiger partial charge in [-0.1, -0.05) is 29.8 Å². The summed E-state index contributed by atoms with van der Waals surface area (Å²) < 4.78 is 0. The van der Waals surface area contributed by atoms with Crippen molar-refractivity contribution in [3.8, 4) is 0 Å². The van der Waals surface area contributed by atoms with Crippen LogP contribution in [0.15, 0.2) is 29.3 Å². The third-order valence-electron chi connectivity index (χ3n) is 2.29. The highest BCUT2D eigenvalue weighted by Crippen LogP contribution is 2.12. The van der Waals surface area contributed by atoms with Gasteiger partial charge in [0.05, 0.1) is 6.04 Å². The minimum atomic E-state index is 0.181. The predicted octanol–water partition coefficient (Wildman–Crippen LogP) is 1.09. The van der Waals surface area contributed by atoms with Crippen molar-refractivity contribution in [3.63, 3.8) is 0 Å². The third-order valence-corrected chi connectivity index (χ3v) is 2.29. The Morgan fingerprint density at radius 1 is 1.33 bits per heavy atom. The zero-order valence-corrected chi connectivity index (χ0v) is 9.41. The van der Waals surface area contributed by atoms with Gasteiger partial charge in [0.2, 0.25) is 5.96 Å². The van der Waals surface area contributed by atoms with Crippen LogP contribution in [-0.2, 0) is 0 Å². The minimum absolute atomic E-state index is 0.181. The molecule has 15 heavy (non-hydrogen) atoms. The average molecular weight is 206 g/mol. The van der Waals surface area contributed by atoms with Gasteiger partial charge in [0, 0.05) is 7.05 Å². The molecule has 0 aliphatic heterocycles. The van der Waals surface area contributed by atoms with E-state index in [1.807, 2.05) is 0 Å². The molecule has 0 aliphatic carbocycles. The van der Waals surface area contributed by atoms with Gasteiger partial charge in [-0.05, 0) is 19.4 Å². The number of hydrogen-bond donors (Lipinski definition) is 3. The molecule has 0 amide bonds. The molecule has 1 aromatic rings. The Hall–Kier alpha value is -1.55. The number of aliphatic imine (C=N–C) groups is 1. The maximum Gasteiger partial charge on any atom is 0.205 e. The number of rotatable bonds is 2. The van der Waals surface area contributed by atoms with Gasteiger partial charge in [0.15, 0.2) is 0 Å². The lowest BCUT2D eigenvalue weighted by Gasteiger charge is -2.16. The highest BCUT2D eigenvalue weighted by Gasteiger charge is 2.05. The second kappa shape index (κ2) is 5.36. The SMILES string of the molecule is CN=C(NN)NC(C)c1ccc(C)cc1. The van der Waals surface area contributed by atoms with E-state index >= 15 is 0 Å². The monoisotopic (exact) mass is 206 g/mol. The standard InChI is InChI=1S/C11H18N4/c1-8-4-6-10(7-5-8)9(2)14-11(13-3)15-12/h4-7,9H,12H2,1-3H3,(H2,13,14,15). The fourth-order valence-electron chi connectivity index (χ4n) is 1.31. The molecule has 0 aliphatic rings. The molecule has 0 spiro atoms. The molecular formula is C11H18N4. The Bertz CT molecular complexity index is 329. The number of aryl methyl sites for hydroxylation is 1. The van der Waals surface area contributed by atoms with E-state index in [0.29, 0.717) is 5.96 Å². The molecule has 82 valence electrons. The quantitative estimate of drug-likeness (QED) is 0.294. The zero-order chi connectivity index (χ0) is 11.3. The summed E-state index contributed by atoms with van der Waals surface area (Å²) in [7, 11) is 1.68. The number of nitrogens with two attached hydrogens (primary N) is 1. The Balaban J connectivity index is 2.68. The van der Waals surface area contributed by atoms with Crippen LogP contribution in [0.3, 0.4) is 0 Å². The van der Waals surface area contributed by atoms with E-state index in [1.54, 1.807) is 7.05 Å². The topological polar surface area (TPSA) is 62.4 Å². The van der Waals surface area contributed by atoms with Gasteiger partial charge in [-0.2, -0.15) is 0 Å². The maximum absolute atomic E-state index is 5.29. The molecular weight excluding hydrogens is 188 g/mol. The molecule has 4 N–H and O–H groups in total. The van der Waals surface area contributed by atoms with Crippen LogP contribution in [0.2, 0.25) is 0 Å².